The number of aromatic nitrogens is 1. The average molecular weight is 250 g/mol. The highest BCUT2D eigenvalue weighted by atomic mass is 32.1. The summed E-state index contributed by atoms with van der Waals surface area (Å²) in [7, 11) is 0. The first kappa shape index (κ1) is 12.0. The summed E-state index contributed by atoms with van der Waals surface area (Å²) < 4.78 is 1.07. The first-order valence-corrected chi connectivity index (χ1v) is 6.28. The summed E-state index contributed by atoms with van der Waals surface area (Å²) in [6.07, 6.45) is 0.862. The first-order chi connectivity index (χ1) is 8.10. The monoisotopic (exact) mass is 250 g/mol. The highest BCUT2D eigenvalue weighted by Crippen LogP contribution is 2.26. The van der Waals surface area contributed by atoms with Gasteiger partial charge in [-0.3, -0.25) is 4.79 Å². The minimum atomic E-state index is -0.879. The number of rotatable bonds is 4. The van der Waals surface area contributed by atoms with Crippen molar-refractivity contribution in [2.45, 2.75) is 25.8 Å². The second-order valence-corrected chi connectivity index (χ2v) is 5.01. The number of aliphatic carboxylic acids is 1. The van der Waals surface area contributed by atoms with E-state index in [2.05, 4.69) is 11.9 Å². The molecule has 0 aliphatic rings. The van der Waals surface area contributed by atoms with Crippen molar-refractivity contribution in [3.8, 4) is 0 Å². The van der Waals surface area contributed by atoms with Gasteiger partial charge in [-0.2, -0.15) is 0 Å². The van der Waals surface area contributed by atoms with Crippen molar-refractivity contribution in [3.63, 3.8) is 0 Å². The Bertz CT molecular complexity index is 550. The van der Waals surface area contributed by atoms with Gasteiger partial charge in [0.2, 0.25) is 0 Å². The van der Waals surface area contributed by atoms with Crippen LogP contribution in [0.4, 0.5) is 0 Å². The third-order valence-electron chi connectivity index (χ3n) is 2.58. The highest BCUT2D eigenvalue weighted by molar-refractivity contribution is 7.18. The van der Waals surface area contributed by atoms with Crippen LogP contribution in [-0.4, -0.2) is 16.1 Å². The van der Waals surface area contributed by atoms with Crippen molar-refractivity contribution < 1.29 is 9.90 Å². The number of hydrogen-bond acceptors (Lipinski definition) is 4. The molecule has 2 aromatic rings. The number of nitrogens with zero attached hydrogens (tertiary/aromatic N) is 1. The normalized spacial score (nSPS) is 12.8. The van der Waals surface area contributed by atoms with E-state index in [0.717, 1.165) is 27.2 Å². The zero-order chi connectivity index (χ0) is 12.4. The standard InChI is InChI=1S/C12H14N2O2S/c1-2-11-14-9-4-3-7(5-10(9)17-11)8(13)6-12(15)16/h3-5,8H,2,6,13H2,1H3,(H,15,16). The first-order valence-electron chi connectivity index (χ1n) is 5.47. The predicted octanol–water partition coefficient (Wildman–Crippen LogP) is 2.33. The van der Waals surface area contributed by atoms with Crippen LogP contribution in [0, 0.1) is 0 Å². The fourth-order valence-electron chi connectivity index (χ4n) is 1.68. The van der Waals surface area contributed by atoms with Gasteiger partial charge in [0.05, 0.1) is 21.6 Å². The summed E-state index contributed by atoms with van der Waals surface area (Å²) in [5, 5.41) is 9.80. The fraction of sp³-hybridized carbons (Fsp3) is 0.333. The Morgan fingerprint density at radius 1 is 1.59 bits per heavy atom. The number of nitrogens with two attached hydrogens (primary N) is 1. The lowest BCUT2D eigenvalue weighted by Crippen LogP contribution is -2.14. The number of thiazole rings is 1. The maximum Gasteiger partial charge on any atom is 0.305 e. The SMILES string of the molecule is CCc1nc2ccc(C(N)CC(=O)O)cc2s1. The van der Waals surface area contributed by atoms with E-state index in [-0.39, 0.29) is 6.42 Å². The molecule has 1 aromatic carbocycles. The largest absolute Gasteiger partial charge is 0.481 e. The van der Waals surface area contributed by atoms with Gasteiger partial charge in [-0.1, -0.05) is 13.0 Å². The molecular formula is C12H14N2O2S. The predicted molar refractivity (Wildman–Crippen MR) is 68.2 cm³/mol. The van der Waals surface area contributed by atoms with Gasteiger partial charge in [-0.15, -0.1) is 11.3 Å². The molecule has 0 saturated heterocycles. The topological polar surface area (TPSA) is 76.2 Å². The molecule has 4 nitrogen and oxygen atoms in total. The molecule has 1 aromatic heterocycles. The lowest BCUT2D eigenvalue weighted by atomic mass is 10.0. The van der Waals surface area contributed by atoms with E-state index in [4.69, 9.17) is 10.8 Å². The lowest BCUT2D eigenvalue weighted by Gasteiger charge is -2.08. The number of carboxylic acids is 1. The molecule has 0 bridgehead atoms. The van der Waals surface area contributed by atoms with E-state index >= 15 is 0 Å². The average Bonchev–Trinajstić information content (AvgIpc) is 2.69. The lowest BCUT2D eigenvalue weighted by molar-refractivity contribution is -0.137. The molecule has 3 N–H and O–H groups in total. The van der Waals surface area contributed by atoms with Crippen LogP contribution >= 0.6 is 11.3 Å². The number of aryl methyl sites for hydroxylation is 1. The van der Waals surface area contributed by atoms with Crippen LogP contribution in [0.5, 0.6) is 0 Å². The van der Waals surface area contributed by atoms with Crippen molar-refractivity contribution >= 4 is 27.5 Å². The third kappa shape index (κ3) is 2.62. The highest BCUT2D eigenvalue weighted by Gasteiger charge is 2.12. The maximum absolute atomic E-state index is 10.6. The van der Waals surface area contributed by atoms with Crippen LogP contribution in [0.2, 0.25) is 0 Å². The molecule has 0 saturated carbocycles. The summed E-state index contributed by atoms with van der Waals surface area (Å²) in [6.45, 7) is 2.06. The van der Waals surface area contributed by atoms with E-state index < -0.39 is 12.0 Å². The van der Waals surface area contributed by atoms with Gasteiger partial charge in [0.25, 0.3) is 0 Å². The summed E-state index contributed by atoms with van der Waals surface area (Å²) in [5.41, 5.74) is 7.64. The minimum absolute atomic E-state index is 0.0506. The molecule has 0 spiro atoms. The molecule has 1 atom stereocenters. The van der Waals surface area contributed by atoms with Crippen molar-refractivity contribution in [3.05, 3.63) is 28.8 Å². The number of carbonyl (C=O) groups is 1. The molecule has 1 heterocycles. The van der Waals surface area contributed by atoms with E-state index in [9.17, 15) is 4.79 Å². The summed E-state index contributed by atoms with van der Waals surface area (Å²) in [5.74, 6) is -0.879. The van der Waals surface area contributed by atoms with Crippen LogP contribution in [0.25, 0.3) is 10.2 Å². The van der Waals surface area contributed by atoms with Gasteiger partial charge in [0.15, 0.2) is 0 Å². The molecule has 90 valence electrons. The second kappa shape index (κ2) is 4.81. The van der Waals surface area contributed by atoms with E-state index in [1.807, 2.05) is 18.2 Å². The molecule has 0 fully saturated rings. The van der Waals surface area contributed by atoms with Gasteiger partial charge in [0.1, 0.15) is 0 Å². The molecule has 2 rings (SSSR count). The van der Waals surface area contributed by atoms with Gasteiger partial charge in [-0.25, -0.2) is 4.98 Å². The van der Waals surface area contributed by atoms with Crippen LogP contribution < -0.4 is 5.73 Å². The molecule has 0 amide bonds. The van der Waals surface area contributed by atoms with E-state index in [0.29, 0.717) is 0 Å². The van der Waals surface area contributed by atoms with Crippen LogP contribution in [0.3, 0.4) is 0 Å². The molecule has 0 aliphatic heterocycles. The van der Waals surface area contributed by atoms with E-state index in [1.54, 1.807) is 11.3 Å². The molecule has 0 radical (unpaired) electrons. The Hall–Kier alpha value is -1.46. The van der Waals surface area contributed by atoms with Crippen molar-refractivity contribution in [2.24, 2.45) is 5.73 Å². The third-order valence-corrected chi connectivity index (χ3v) is 3.74. The number of benzene rings is 1. The Labute approximate surface area is 103 Å². The number of hydrogen-bond donors (Lipinski definition) is 2. The van der Waals surface area contributed by atoms with E-state index in [1.165, 1.54) is 0 Å². The van der Waals surface area contributed by atoms with Gasteiger partial charge < -0.3 is 10.8 Å². The summed E-state index contributed by atoms with van der Waals surface area (Å²) in [4.78, 5) is 15.1. The smallest absolute Gasteiger partial charge is 0.305 e. The molecular weight excluding hydrogens is 236 g/mol. The van der Waals surface area contributed by atoms with Crippen LogP contribution in [0.15, 0.2) is 18.2 Å². The van der Waals surface area contributed by atoms with Gasteiger partial charge in [-0.05, 0) is 24.1 Å². The van der Waals surface area contributed by atoms with Crippen LogP contribution in [0.1, 0.15) is 30.0 Å². The molecule has 5 heteroatoms. The van der Waals surface area contributed by atoms with Gasteiger partial charge in [0, 0.05) is 6.04 Å². The maximum atomic E-state index is 10.6. The molecule has 1 unspecified atom stereocenters. The molecule has 0 aliphatic carbocycles. The fourth-order valence-corrected chi connectivity index (χ4v) is 2.63. The zero-order valence-corrected chi connectivity index (χ0v) is 10.3. The second-order valence-electron chi connectivity index (χ2n) is 3.89. The Kier molecular flexibility index (Phi) is 3.40. The molecule has 17 heavy (non-hydrogen) atoms. The Morgan fingerprint density at radius 3 is 3.00 bits per heavy atom. The number of fused-ring (bicyclic) bond motifs is 1. The Morgan fingerprint density at radius 2 is 2.35 bits per heavy atom. The minimum Gasteiger partial charge on any atom is -0.481 e. The van der Waals surface area contributed by atoms with Crippen molar-refractivity contribution in [1.29, 1.82) is 0 Å². The van der Waals surface area contributed by atoms with Crippen LogP contribution in [-0.2, 0) is 11.2 Å². The summed E-state index contributed by atoms with van der Waals surface area (Å²) in [6, 6.07) is 5.25. The van der Waals surface area contributed by atoms with Crippen molar-refractivity contribution in [2.75, 3.05) is 0 Å². The number of carboxylic acid groups (broad SMARTS) is 1. The summed E-state index contributed by atoms with van der Waals surface area (Å²) >= 11 is 1.63. The quantitative estimate of drug-likeness (QED) is 0.873. The zero-order valence-electron chi connectivity index (χ0n) is 9.51. The van der Waals surface area contributed by atoms with Gasteiger partial charge >= 0.3 is 5.97 Å². The Balaban J connectivity index is 2.33. The van der Waals surface area contributed by atoms with Crippen molar-refractivity contribution in [1.82, 2.24) is 4.98 Å².